The summed E-state index contributed by atoms with van der Waals surface area (Å²) < 4.78 is 34.6. The summed E-state index contributed by atoms with van der Waals surface area (Å²) in [5.41, 5.74) is 6.18. The van der Waals surface area contributed by atoms with E-state index in [4.69, 9.17) is 25.6 Å². The molecular weight excluding hydrogens is 657 g/mol. The molecule has 6 atom stereocenters. The fraction of sp³-hybridized carbons (Fsp3) is 0.394. The van der Waals surface area contributed by atoms with Crippen LogP contribution in [0.25, 0.3) is 21.7 Å². The number of aromatic nitrogens is 1. The van der Waals surface area contributed by atoms with E-state index in [1.165, 1.54) is 12.3 Å². The van der Waals surface area contributed by atoms with Gasteiger partial charge >= 0.3 is 13.1 Å². The Balaban J connectivity index is 0.000000635. The van der Waals surface area contributed by atoms with Gasteiger partial charge in [0, 0.05) is 23.9 Å². The van der Waals surface area contributed by atoms with Gasteiger partial charge in [0.25, 0.3) is 0 Å². The smallest absolute Gasteiger partial charge is 0.462 e. The van der Waals surface area contributed by atoms with Crippen LogP contribution in [0.1, 0.15) is 25.8 Å². The largest absolute Gasteiger partial charge is 0.469 e. The van der Waals surface area contributed by atoms with Crippen LogP contribution in [0, 0.1) is 5.92 Å². The highest BCUT2D eigenvalue weighted by molar-refractivity contribution is 7.89. The minimum atomic E-state index is -4.31. The highest BCUT2D eigenvalue weighted by Gasteiger charge is 2.33. The topological polar surface area (TPSA) is 253 Å². The molecule has 16 heteroatoms. The van der Waals surface area contributed by atoms with Gasteiger partial charge in [-0.05, 0) is 40.8 Å². The van der Waals surface area contributed by atoms with Crippen molar-refractivity contribution >= 4 is 44.8 Å². The van der Waals surface area contributed by atoms with E-state index in [0.29, 0.717) is 23.3 Å². The van der Waals surface area contributed by atoms with Crippen molar-refractivity contribution in [1.82, 2.24) is 9.71 Å². The van der Waals surface area contributed by atoms with Crippen LogP contribution in [0.2, 0.25) is 0 Å². The molecular formula is C33H44BN3O11S. The molecule has 0 spiro atoms. The van der Waals surface area contributed by atoms with Gasteiger partial charge in [0.05, 0.1) is 12.1 Å². The second kappa shape index (κ2) is 18.4. The molecule has 0 aliphatic carbocycles. The third-order valence-electron chi connectivity index (χ3n) is 7.62. The van der Waals surface area contributed by atoms with Crippen LogP contribution in [0.3, 0.4) is 0 Å². The standard InChI is InChI=1S/C28H30N2O9S.C5H14BNO2/c31-15-22(32)26(34)27(35)23(33)16-39-28(36)21(14-19-9-3-7-17-6-1-2-11-20(17)19)30-40(37,38)24-12-4-8-18-10-5-13-29-25(18)24;1-4(2)3-5(7)6(8)9/h1-13,21-23,26-27,30-35H,14-16H2;4-5,8-9H,3,7H2,1-2H3/t21-,22+,23+,26+,27+;5-/m00/s1. The summed E-state index contributed by atoms with van der Waals surface area (Å²) in [4.78, 5) is 17.3. The van der Waals surface area contributed by atoms with Crippen LogP contribution in [-0.2, 0) is 26.0 Å². The van der Waals surface area contributed by atoms with Crippen molar-refractivity contribution in [1.29, 1.82) is 0 Å². The number of nitrogens with one attached hydrogen (secondary N) is 1. The van der Waals surface area contributed by atoms with E-state index in [9.17, 15) is 33.6 Å². The van der Waals surface area contributed by atoms with Crippen molar-refractivity contribution in [3.8, 4) is 0 Å². The molecule has 0 saturated carbocycles. The van der Waals surface area contributed by atoms with E-state index in [1.807, 2.05) is 44.2 Å². The fourth-order valence-electron chi connectivity index (χ4n) is 5.00. The molecule has 0 aliphatic rings. The van der Waals surface area contributed by atoms with Crippen molar-refractivity contribution < 1.29 is 53.5 Å². The Hall–Kier alpha value is -3.55. The Kier molecular flexibility index (Phi) is 15.0. The van der Waals surface area contributed by atoms with Crippen LogP contribution < -0.4 is 10.5 Å². The van der Waals surface area contributed by atoms with Gasteiger partial charge in [-0.25, -0.2) is 8.42 Å². The summed E-state index contributed by atoms with van der Waals surface area (Å²) in [6.07, 6.45) is -5.44. The summed E-state index contributed by atoms with van der Waals surface area (Å²) in [6.45, 7) is 2.28. The van der Waals surface area contributed by atoms with Gasteiger partial charge in [0.1, 0.15) is 42.0 Å². The lowest BCUT2D eigenvalue weighted by Crippen LogP contribution is -2.49. The normalized spacial score (nSPS) is 15.5. The van der Waals surface area contributed by atoms with Gasteiger partial charge in [0.2, 0.25) is 10.0 Å². The molecule has 266 valence electrons. The van der Waals surface area contributed by atoms with Crippen molar-refractivity contribution in [3.05, 3.63) is 84.6 Å². The van der Waals surface area contributed by atoms with Crippen molar-refractivity contribution in [2.45, 2.75) is 68.0 Å². The number of hydrogen-bond acceptors (Lipinski definition) is 13. The van der Waals surface area contributed by atoms with E-state index in [2.05, 4.69) is 9.71 Å². The number of aliphatic hydroxyl groups is 5. The van der Waals surface area contributed by atoms with Crippen LogP contribution in [0.15, 0.2) is 83.9 Å². The summed E-state index contributed by atoms with van der Waals surface area (Å²) in [5, 5.41) is 67.8. The third kappa shape index (κ3) is 11.2. The van der Waals surface area contributed by atoms with E-state index in [0.717, 1.165) is 10.8 Å². The summed E-state index contributed by atoms with van der Waals surface area (Å²) >= 11 is 0. The number of esters is 1. The molecule has 0 amide bonds. The third-order valence-corrected chi connectivity index (χ3v) is 9.12. The van der Waals surface area contributed by atoms with Crippen molar-refractivity contribution in [2.75, 3.05) is 13.2 Å². The molecule has 49 heavy (non-hydrogen) atoms. The second-order valence-corrected chi connectivity index (χ2v) is 13.7. The van der Waals surface area contributed by atoms with Gasteiger partial charge in [0.15, 0.2) is 0 Å². The zero-order valence-corrected chi connectivity index (χ0v) is 28.0. The first-order chi connectivity index (χ1) is 23.2. The predicted molar refractivity (Wildman–Crippen MR) is 183 cm³/mol. The molecule has 0 saturated heterocycles. The number of aliphatic hydroxyl groups excluding tert-OH is 5. The molecule has 0 unspecified atom stereocenters. The van der Waals surface area contributed by atoms with Gasteiger partial charge < -0.3 is 46.1 Å². The maximum atomic E-state index is 13.5. The lowest BCUT2D eigenvalue weighted by Gasteiger charge is -2.26. The number of ether oxygens (including phenoxy) is 1. The minimum Gasteiger partial charge on any atom is -0.462 e. The van der Waals surface area contributed by atoms with Gasteiger partial charge in [-0.15, -0.1) is 0 Å². The van der Waals surface area contributed by atoms with Crippen molar-refractivity contribution in [3.63, 3.8) is 0 Å². The zero-order chi connectivity index (χ0) is 36.3. The first-order valence-electron chi connectivity index (χ1n) is 15.6. The van der Waals surface area contributed by atoms with E-state index in [1.54, 1.807) is 36.4 Å². The molecule has 4 rings (SSSR count). The summed E-state index contributed by atoms with van der Waals surface area (Å²) in [7, 11) is -5.68. The average Bonchev–Trinajstić information content (AvgIpc) is 3.08. The number of carbonyl (C=O) groups is 1. The number of nitrogens with two attached hydrogens (primary N) is 1. The quantitative estimate of drug-likeness (QED) is 0.0567. The predicted octanol–water partition coefficient (Wildman–Crippen LogP) is -0.371. The average molecular weight is 702 g/mol. The molecule has 1 aromatic heterocycles. The molecule has 0 bridgehead atoms. The Labute approximate surface area is 285 Å². The van der Waals surface area contributed by atoms with Crippen LogP contribution >= 0.6 is 0 Å². The molecule has 0 aliphatic heterocycles. The highest BCUT2D eigenvalue weighted by Crippen LogP contribution is 2.23. The number of carbonyl (C=O) groups excluding carboxylic acids is 1. The fourth-order valence-corrected chi connectivity index (χ4v) is 6.37. The minimum absolute atomic E-state index is 0.109. The molecule has 10 N–H and O–H groups in total. The highest BCUT2D eigenvalue weighted by atomic mass is 32.2. The van der Waals surface area contributed by atoms with Crippen molar-refractivity contribution in [2.24, 2.45) is 11.7 Å². The van der Waals surface area contributed by atoms with Crippen LogP contribution in [-0.4, -0.2) is 112 Å². The van der Waals surface area contributed by atoms with E-state index in [-0.39, 0.29) is 16.8 Å². The summed E-state index contributed by atoms with van der Waals surface area (Å²) in [6, 6.07) is 19.3. The molecule has 14 nitrogen and oxygen atoms in total. The number of hydrogen-bond donors (Lipinski definition) is 9. The Bertz CT molecular complexity index is 1750. The maximum absolute atomic E-state index is 13.5. The second-order valence-electron chi connectivity index (χ2n) is 12.0. The zero-order valence-electron chi connectivity index (χ0n) is 27.1. The Morgan fingerprint density at radius 1 is 0.898 bits per heavy atom. The molecule has 3 aromatic carbocycles. The number of rotatable bonds is 15. The number of benzene rings is 3. The number of nitrogens with zero attached hydrogens (tertiary/aromatic N) is 1. The molecule has 4 aromatic rings. The first kappa shape index (κ1) is 39.9. The SMILES string of the molecule is CC(C)C[C@H](N)B(O)O.O=C(OC[C@@H](O)[C@@H](O)[C@H](O)[C@H](O)CO)[C@H](Cc1cccc2ccccc12)NS(=O)(=O)c1cccc2cccnc12. The lowest BCUT2D eigenvalue weighted by atomic mass is 9.76. The number of sulfonamides is 1. The van der Waals surface area contributed by atoms with Crippen LogP contribution in [0.4, 0.5) is 0 Å². The van der Waals surface area contributed by atoms with Crippen LogP contribution in [0.5, 0.6) is 0 Å². The van der Waals surface area contributed by atoms with Gasteiger partial charge in [-0.1, -0.05) is 74.5 Å². The van der Waals surface area contributed by atoms with E-state index < -0.39 is 72.7 Å². The van der Waals surface area contributed by atoms with Gasteiger partial charge in [-0.3, -0.25) is 9.78 Å². The van der Waals surface area contributed by atoms with E-state index >= 15 is 0 Å². The number of pyridine rings is 1. The van der Waals surface area contributed by atoms with Gasteiger partial charge in [-0.2, -0.15) is 4.72 Å². The monoisotopic (exact) mass is 701 g/mol. The Morgan fingerprint density at radius 3 is 2.16 bits per heavy atom. The Morgan fingerprint density at radius 2 is 1.51 bits per heavy atom. The first-order valence-corrected chi connectivity index (χ1v) is 17.1. The maximum Gasteiger partial charge on any atom is 0.469 e. The number of fused-ring (bicyclic) bond motifs is 2. The molecule has 1 heterocycles. The summed E-state index contributed by atoms with van der Waals surface area (Å²) in [5.74, 6) is -1.13. The number of para-hydroxylation sites is 1. The molecule has 0 fully saturated rings. The lowest BCUT2D eigenvalue weighted by molar-refractivity contribution is -0.157. The molecule has 0 radical (unpaired) electrons.